The number of Topliss-reactive ketones (excluding diaryl/α,β-unsaturated/α-hetero) is 1. The van der Waals surface area contributed by atoms with Gasteiger partial charge in [0.2, 0.25) is 0 Å². The van der Waals surface area contributed by atoms with Gasteiger partial charge in [-0.05, 0) is 37.6 Å². The minimum atomic E-state index is -0.494. The molecule has 0 aliphatic heterocycles. The number of aromatic nitrogens is 1. The third kappa shape index (κ3) is 3.17. The first kappa shape index (κ1) is 17.2. The Kier molecular flexibility index (Phi) is 4.91. The Hall–Kier alpha value is -2.59. The number of fused-ring (bicyclic) bond motifs is 1. The van der Waals surface area contributed by atoms with Crippen LogP contribution in [0, 0.1) is 0 Å². The standard InChI is InChI=1S/C20H19ClN2O2/c1-3-23(4-2)20(25)19(24)17-15-7-5-6-8-16(15)22-18(17)13-9-11-14(21)12-10-13/h5-12,22H,3-4H2,1-2H3. The molecule has 0 atom stereocenters. The fourth-order valence-corrected chi connectivity index (χ4v) is 3.10. The van der Waals surface area contributed by atoms with Gasteiger partial charge in [-0.1, -0.05) is 41.9 Å². The van der Waals surface area contributed by atoms with Crippen molar-refractivity contribution < 1.29 is 9.59 Å². The number of benzene rings is 2. The number of carbonyl (C=O) groups is 2. The summed E-state index contributed by atoms with van der Waals surface area (Å²) in [6.07, 6.45) is 0. The van der Waals surface area contributed by atoms with Crippen molar-refractivity contribution in [3.63, 3.8) is 0 Å². The zero-order valence-electron chi connectivity index (χ0n) is 14.2. The number of halogens is 1. The molecule has 1 aromatic heterocycles. The minimum Gasteiger partial charge on any atom is -0.354 e. The molecular formula is C20H19ClN2O2. The molecule has 0 bridgehead atoms. The second-order valence-electron chi connectivity index (χ2n) is 5.73. The Morgan fingerprint density at radius 3 is 2.28 bits per heavy atom. The molecule has 1 N–H and O–H groups in total. The van der Waals surface area contributed by atoms with E-state index in [4.69, 9.17) is 11.6 Å². The van der Waals surface area contributed by atoms with Crippen molar-refractivity contribution in [2.45, 2.75) is 13.8 Å². The van der Waals surface area contributed by atoms with Crippen LogP contribution < -0.4 is 0 Å². The SMILES string of the molecule is CCN(CC)C(=O)C(=O)c1c(-c2ccc(Cl)cc2)[nH]c2ccccc12. The molecule has 1 heterocycles. The Labute approximate surface area is 151 Å². The van der Waals surface area contributed by atoms with Crippen molar-refractivity contribution in [3.8, 4) is 11.3 Å². The topological polar surface area (TPSA) is 53.2 Å². The van der Waals surface area contributed by atoms with E-state index in [1.807, 2.05) is 50.2 Å². The summed E-state index contributed by atoms with van der Waals surface area (Å²) in [4.78, 5) is 30.4. The number of rotatable bonds is 5. The normalized spacial score (nSPS) is 10.8. The fourth-order valence-electron chi connectivity index (χ4n) is 2.97. The van der Waals surface area contributed by atoms with Crippen molar-refractivity contribution in [1.29, 1.82) is 0 Å². The predicted molar refractivity (Wildman–Crippen MR) is 101 cm³/mol. The minimum absolute atomic E-state index is 0.412. The number of aromatic amines is 1. The number of hydrogen-bond acceptors (Lipinski definition) is 2. The maximum absolute atomic E-state index is 13.0. The number of ketones is 1. The molecule has 0 unspecified atom stereocenters. The Balaban J connectivity index is 2.18. The highest BCUT2D eigenvalue weighted by atomic mass is 35.5. The van der Waals surface area contributed by atoms with Crippen LogP contribution in [0.15, 0.2) is 48.5 Å². The lowest BCUT2D eigenvalue weighted by atomic mass is 10.0. The molecule has 5 heteroatoms. The first-order chi connectivity index (χ1) is 12.1. The molecule has 25 heavy (non-hydrogen) atoms. The molecule has 128 valence electrons. The van der Waals surface area contributed by atoms with Crippen molar-refractivity contribution in [2.24, 2.45) is 0 Å². The third-order valence-electron chi connectivity index (χ3n) is 4.31. The lowest BCUT2D eigenvalue weighted by molar-refractivity contribution is -0.126. The van der Waals surface area contributed by atoms with Gasteiger partial charge in [0, 0.05) is 29.0 Å². The van der Waals surface area contributed by atoms with Crippen molar-refractivity contribution in [2.75, 3.05) is 13.1 Å². The van der Waals surface area contributed by atoms with E-state index in [9.17, 15) is 9.59 Å². The van der Waals surface area contributed by atoms with Crippen molar-refractivity contribution >= 4 is 34.2 Å². The lowest BCUT2D eigenvalue weighted by Gasteiger charge is -2.17. The summed E-state index contributed by atoms with van der Waals surface area (Å²) in [6.45, 7) is 4.73. The molecule has 0 aliphatic carbocycles. The molecule has 4 nitrogen and oxygen atoms in total. The van der Waals surface area contributed by atoms with E-state index in [2.05, 4.69) is 4.98 Å². The van der Waals surface area contributed by atoms with Gasteiger partial charge in [0.15, 0.2) is 0 Å². The number of likely N-dealkylation sites (N-methyl/N-ethyl adjacent to an activating group) is 1. The molecule has 3 rings (SSSR count). The summed E-state index contributed by atoms with van der Waals surface area (Å²) in [5, 5.41) is 1.37. The van der Waals surface area contributed by atoms with Crippen LogP contribution in [0.25, 0.3) is 22.2 Å². The predicted octanol–water partition coefficient (Wildman–Crippen LogP) is 4.54. The van der Waals surface area contributed by atoms with E-state index in [0.29, 0.717) is 29.4 Å². The van der Waals surface area contributed by atoms with E-state index in [0.717, 1.165) is 16.5 Å². The summed E-state index contributed by atoms with van der Waals surface area (Å²) in [6, 6.07) is 14.7. The maximum atomic E-state index is 13.0. The van der Waals surface area contributed by atoms with Gasteiger partial charge in [-0.25, -0.2) is 0 Å². The summed E-state index contributed by atoms with van der Waals surface area (Å²) < 4.78 is 0. The molecule has 0 saturated carbocycles. The Morgan fingerprint density at radius 2 is 1.64 bits per heavy atom. The summed E-state index contributed by atoms with van der Waals surface area (Å²) in [5.41, 5.74) is 2.69. The van der Waals surface area contributed by atoms with E-state index in [1.54, 1.807) is 12.1 Å². The van der Waals surface area contributed by atoms with Gasteiger partial charge in [0.25, 0.3) is 11.7 Å². The number of amides is 1. The summed E-state index contributed by atoms with van der Waals surface area (Å²) >= 11 is 5.97. The monoisotopic (exact) mass is 354 g/mol. The van der Waals surface area contributed by atoms with Crippen LogP contribution in [0.3, 0.4) is 0 Å². The summed E-state index contributed by atoms with van der Waals surface area (Å²) in [5.74, 6) is -0.976. The second-order valence-corrected chi connectivity index (χ2v) is 6.17. The number of carbonyl (C=O) groups excluding carboxylic acids is 2. The van der Waals surface area contributed by atoms with Gasteiger partial charge in [-0.15, -0.1) is 0 Å². The molecule has 0 radical (unpaired) electrons. The first-order valence-electron chi connectivity index (χ1n) is 8.27. The number of H-pyrrole nitrogens is 1. The number of nitrogens with one attached hydrogen (secondary N) is 1. The largest absolute Gasteiger partial charge is 0.354 e. The molecule has 0 fully saturated rings. The first-order valence-corrected chi connectivity index (χ1v) is 8.64. The highest BCUT2D eigenvalue weighted by molar-refractivity contribution is 6.46. The van der Waals surface area contributed by atoms with Gasteiger partial charge >= 0.3 is 0 Å². The van der Waals surface area contributed by atoms with E-state index in [-0.39, 0.29) is 0 Å². The molecule has 2 aromatic carbocycles. The highest BCUT2D eigenvalue weighted by Gasteiger charge is 2.27. The van der Waals surface area contributed by atoms with Gasteiger partial charge < -0.3 is 9.88 Å². The average molecular weight is 355 g/mol. The Bertz CT molecular complexity index is 925. The molecule has 1 amide bonds. The van der Waals surface area contributed by atoms with Crippen LogP contribution in [0.1, 0.15) is 24.2 Å². The van der Waals surface area contributed by atoms with Crippen LogP contribution in [-0.4, -0.2) is 34.7 Å². The fraction of sp³-hybridized carbons (Fsp3) is 0.200. The quantitative estimate of drug-likeness (QED) is 0.540. The molecular weight excluding hydrogens is 336 g/mol. The lowest BCUT2D eigenvalue weighted by Crippen LogP contribution is -2.36. The Morgan fingerprint density at radius 1 is 1.00 bits per heavy atom. The van der Waals surface area contributed by atoms with E-state index >= 15 is 0 Å². The van der Waals surface area contributed by atoms with Crippen LogP contribution in [-0.2, 0) is 4.79 Å². The molecule has 0 saturated heterocycles. The van der Waals surface area contributed by atoms with Crippen LogP contribution in [0.4, 0.5) is 0 Å². The summed E-state index contributed by atoms with van der Waals surface area (Å²) in [7, 11) is 0. The van der Waals surface area contributed by atoms with Gasteiger partial charge in [-0.2, -0.15) is 0 Å². The van der Waals surface area contributed by atoms with Crippen molar-refractivity contribution in [1.82, 2.24) is 9.88 Å². The van der Waals surface area contributed by atoms with Gasteiger partial charge in [0.1, 0.15) is 0 Å². The highest BCUT2D eigenvalue weighted by Crippen LogP contribution is 2.31. The van der Waals surface area contributed by atoms with E-state index < -0.39 is 11.7 Å². The zero-order valence-corrected chi connectivity index (χ0v) is 14.9. The molecule has 0 spiro atoms. The van der Waals surface area contributed by atoms with Gasteiger partial charge in [-0.3, -0.25) is 9.59 Å². The number of nitrogens with zero attached hydrogens (tertiary/aromatic N) is 1. The third-order valence-corrected chi connectivity index (χ3v) is 4.56. The van der Waals surface area contributed by atoms with Crippen LogP contribution in [0.5, 0.6) is 0 Å². The van der Waals surface area contributed by atoms with E-state index in [1.165, 1.54) is 4.90 Å². The maximum Gasteiger partial charge on any atom is 0.295 e. The molecule has 0 aliphatic rings. The van der Waals surface area contributed by atoms with Crippen LogP contribution >= 0.6 is 11.6 Å². The van der Waals surface area contributed by atoms with Crippen molar-refractivity contribution in [3.05, 3.63) is 59.1 Å². The number of hydrogen-bond donors (Lipinski definition) is 1. The molecule has 3 aromatic rings. The van der Waals surface area contributed by atoms with Crippen LogP contribution in [0.2, 0.25) is 5.02 Å². The number of para-hydroxylation sites is 1. The second kappa shape index (κ2) is 7.11. The zero-order chi connectivity index (χ0) is 18.0. The van der Waals surface area contributed by atoms with Gasteiger partial charge in [0.05, 0.1) is 11.3 Å². The average Bonchev–Trinajstić information content (AvgIpc) is 3.02. The smallest absolute Gasteiger partial charge is 0.295 e.